The molecule has 114 valence electrons. The van der Waals surface area contributed by atoms with Crippen LogP contribution in [0.25, 0.3) is 0 Å². The van der Waals surface area contributed by atoms with Gasteiger partial charge in [-0.15, -0.1) is 0 Å². The topological polar surface area (TPSA) is 78.7 Å². The first-order chi connectivity index (χ1) is 10.5. The molecule has 0 aliphatic carbocycles. The number of ether oxygens (including phenoxy) is 2. The van der Waals surface area contributed by atoms with Crippen LogP contribution in [-0.4, -0.2) is 17.5 Å². The lowest BCUT2D eigenvalue weighted by molar-refractivity contribution is -0.385. The number of nitro groups is 1. The second-order valence-electron chi connectivity index (χ2n) is 4.73. The Morgan fingerprint density at radius 2 is 1.86 bits per heavy atom. The van der Waals surface area contributed by atoms with Gasteiger partial charge in [0, 0.05) is 11.6 Å². The predicted octanol–water partition coefficient (Wildman–Crippen LogP) is 3.20. The normalized spacial score (nSPS) is 10.1. The molecule has 0 radical (unpaired) electrons. The van der Waals surface area contributed by atoms with Gasteiger partial charge in [0.25, 0.3) is 5.69 Å². The van der Waals surface area contributed by atoms with Crippen molar-refractivity contribution in [1.82, 2.24) is 0 Å². The smallest absolute Gasteiger partial charge is 0.349 e. The van der Waals surface area contributed by atoms with Crippen LogP contribution in [0.3, 0.4) is 0 Å². The molecule has 0 unspecified atom stereocenters. The third kappa shape index (κ3) is 3.82. The van der Waals surface area contributed by atoms with E-state index in [1.807, 2.05) is 19.1 Å². The predicted molar refractivity (Wildman–Crippen MR) is 80.1 cm³/mol. The Bertz CT molecular complexity index is 711. The SMILES string of the molecule is Cc1ccccc1OC(=O)COc1ccc([N+](=O)[O-])c(C)c1. The van der Waals surface area contributed by atoms with Crippen LogP contribution in [0.15, 0.2) is 42.5 Å². The highest BCUT2D eigenvalue weighted by Crippen LogP contribution is 2.23. The van der Waals surface area contributed by atoms with Crippen molar-refractivity contribution < 1.29 is 19.2 Å². The summed E-state index contributed by atoms with van der Waals surface area (Å²) in [7, 11) is 0. The molecule has 0 aliphatic rings. The molecule has 0 aromatic heterocycles. The summed E-state index contributed by atoms with van der Waals surface area (Å²) in [5, 5.41) is 10.7. The maximum Gasteiger partial charge on any atom is 0.349 e. The van der Waals surface area contributed by atoms with Crippen molar-refractivity contribution in [3.8, 4) is 11.5 Å². The molecule has 0 amide bonds. The Kier molecular flexibility index (Phi) is 4.73. The Hall–Kier alpha value is -2.89. The average Bonchev–Trinajstić information content (AvgIpc) is 2.47. The monoisotopic (exact) mass is 301 g/mol. The van der Waals surface area contributed by atoms with Crippen molar-refractivity contribution in [2.45, 2.75) is 13.8 Å². The van der Waals surface area contributed by atoms with Crippen LogP contribution in [0.4, 0.5) is 5.69 Å². The Labute approximate surface area is 127 Å². The van der Waals surface area contributed by atoms with Gasteiger partial charge in [-0.05, 0) is 37.6 Å². The molecule has 2 aromatic rings. The van der Waals surface area contributed by atoms with E-state index in [4.69, 9.17) is 9.47 Å². The summed E-state index contributed by atoms with van der Waals surface area (Å²) in [6, 6.07) is 11.5. The van der Waals surface area contributed by atoms with E-state index in [1.54, 1.807) is 19.1 Å². The van der Waals surface area contributed by atoms with E-state index >= 15 is 0 Å². The van der Waals surface area contributed by atoms with Gasteiger partial charge in [-0.1, -0.05) is 18.2 Å². The van der Waals surface area contributed by atoms with Crippen molar-refractivity contribution in [2.75, 3.05) is 6.61 Å². The summed E-state index contributed by atoms with van der Waals surface area (Å²) in [6.07, 6.45) is 0. The quantitative estimate of drug-likeness (QED) is 0.367. The first-order valence-electron chi connectivity index (χ1n) is 6.61. The van der Waals surface area contributed by atoms with E-state index in [1.165, 1.54) is 18.2 Å². The Morgan fingerprint density at radius 1 is 1.14 bits per heavy atom. The van der Waals surface area contributed by atoms with E-state index in [9.17, 15) is 14.9 Å². The molecule has 2 aromatic carbocycles. The molecule has 6 nitrogen and oxygen atoms in total. The zero-order chi connectivity index (χ0) is 16.1. The maximum atomic E-state index is 11.7. The Morgan fingerprint density at radius 3 is 2.50 bits per heavy atom. The lowest BCUT2D eigenvalue weighted by Crippen LogP contribution is -2.18. The summed E-state index contributed by atoms with van der Waals surface area (Å²) in [5.41, 5.74) is 1.33. The van der Waals surface area contributed by atoms with Gasteiger partial charge in [0.05, 0.1) is 4.92 Å². The fourth-order valence-corrected chi connectivity index (χ4v) is 1.89. The van der Waals surface area contributed by atoms with Gasteiger partial charge in [-0.25, -0.2) is 4.79 Å². The molecule has 0 saturated heterocycles. The fourth-order valence-electron chi connectivity index (χ4n) is 1.89. The second-order valence-corrected chi connectivity index (χ2v) is 4.73. The molecule has 0 N–H and O–H groups in total. The number of carbonyl (C=O) groups is 1. The highest BCUT2D eigenvalue weighted by atomic mass is 16.6. The first-order valence-corrected chi connectivity index (χ1v) is 6.61. The van der Waals surface area contributed by atoms with Gasteiger partial charge >= 0.3 is 5.97 Å². The molecular formula is C16H15NO5. The highest BCUT2D eigenvalue weighted by Gasteiger charge is 2.12. The van der Waals surface area contributed by atoms with E-state index in [0.29, 0.717) is 17.1 Å². The summed E-state index contributed by atoms with van der Waals surface area (Å²) in [4.78, 5) is 22.0. The Balaban J connectivity index is 1.95. The number of carbonyl (C=O) groups excluding carboxylic acids is 1. The van der Waals surface area contributed by atoms with E-state index in [-0.39, 0.29) is 12.3 Å². The summed E-state index contributed by atoms with van der Waals surface area (Å²) in [5.74, 6) is 0.325. The van der Waals surface area contributed by atoms with Gasteiger partial charge in [0.2, 0.25) is 0 Å². The third-order valence-electron chi connectivity index (χ3n) is 3.04. The largest absolute Gasteiger partial charge is 0.482 e. The number of benzene rings is 2. The number of hydrogen-bond donors (Lipinski definition) is 0. The minimum atomic E-state index is -0.537. The van der Waals surface area contributed by atoms with Crippen molar-refractivity contribution in [1.29, 1.82) is 0 Å². The minimum absolute atomic E-state index is 0.00911. The molecular weight excluding hydrogens is 286 g/mol. The van der Waals surface area contributed by atoms with Gasteiger partial charge in [0.1, 0.15) is 11.5 Å². The van der Waals surface area contributed by atoms with Crippen LogP contribution in [0.2, 0.25) is 0 Å². The first kappa shape index (κ1) is 15.5. The molecule has 0 fully saturated rings. The lowest BCUT2D eigenvalue weighted by atomic mass is 10.2. The number of rotatable bonds is 5. The number of nitrogens with zero attached hydrogens (tertiary/aromatic N) is 1. The van der Waals surface area contributed by atoms with Gasteiger partial charge in [-0.2, -0.15) is 0 Å². The molecule has 22 heavy (non-hydrogen) atoms. The van der Waals surface area contributed by atoms with E-state index in [2.05, 4.69) is 0 Å². The zero-order valence-electron chi connectivity index (χ0n) is 12.2. The van der Waals surface area contributed by atoms with Gasteiger partial charge in [-0.3, -0.25) is 10.1 Å². The molecule has 0 spiro atoms. The molecule has 0 heterocycles. The molecule has 0 atom stereocenters. The zero-order valence-corrected chi connectivity index (χ0v) is 12.2. The fraction of sp³-hybridized carbons (Fsp3) is 0.188. The molecule has 6 heteroatoms. The molecule has 0 aliphatic heterocycles. The molecule has 0 bridgehead atoms. The van der Waals surface area contributed by atoms with Crippen molar-refractivity contribution >= 4 is 11.7 Å². The van der Waals surface area contributed by atoms with Gasteiger partial charge < -0.3 is 9.47 Å². The van der Waals surface area contributed by atoms with Gasteiger partial charge in [0.15, 0.2) is 6.61 Å². The number of esters is 1. The van der Waals surface area contributed by atoms with E-state index < -0.39 is 10.9 Å². The highest BCUT2D eigenvalue weighted by molar-refractivity contribution is 5.74. The minimum Gasteiger partial charge on any atom is -0.482 e. The summed E-state index contributed by atoms with van der Waals surface area (Å²) >= 11 is 0. The third-order valence-corrected chi connectivity index (χ3v) is 3.04. The van der Waals surface area contributed by atoms with Crippen LogP contribution in [0, 0.1) is 24.0 Å². The van der Waals surface area contributed by atoms with Crippen molar-refractivity contribution in [3.63, 3.8) is 0 Å². The summed E-state index contributed by atoms with van der Waals surface area (Å²) in [6.45, 7) is 3.17. The van der Waals surface area contributed by atoms with Crippen LogP contribution in [-0.2, 0) is 4.79 Å². The van der Waals surface area contributed by atoms with Crippen LogP contribution >= 0.6 is 0 Å². The number of para-hydroxylation sites is 1. The summed E-state index contributed by atoms with van der Waals surface area (Å²) < 4.78 is 10.5. The van der Waals surface area contributed by atoms with E-state index in [0.717, 1.165) is 5.56 Å². The maximum absolute atomic E-state index is 11.7. The number of hydrogen-bond acceptors (Lipinski definition) is 5. The average molecular weight is 301 g/mol. The second kappa shape index (κ2) is 6.71. The van der Waals surface area contributed by atoms with Crippen LogP contribution < -0.4 is 9.47 Å². The number of nitro benzene ring substituents is 1. The van der Waals surface area contributed by atoms with Crippen LogP contribution in [0.5, 0.6) is 11.5 Å². The number of aryl methyl sites for hydroxylation is 2. The lowest BCUT2D eigenvalue weighted by Gasteiger charge is -2.09. The van der Waals surface area contributed by atoms with Crippen molar-refractivity contribution in [2.24, 2.45) is 0 Å². The molecule has 2 rings (SSSR count). The van der Waals surface area contributed by atoms with Crippen molar-refractivity contribution in [3.05, 3.63) is 63.7 Å². The standard InChI is InChI=1S/C16H15NO5/c1-11-5-3-4-6-15(11)22-16(18)10-21-13-7-8-14(17(19)20)12(2)9-13/h3-9H,10H2,1-2H3. The molecule has 0 saturated carbocycles. The van der Waals surface area contributed by atoms with Crippen LogP contribution in [0.1, 0.15) is 11.1 Å².